The molecule has 0 amide bonds. The Labute approximate surface area is 119 Å². The highest BCUT2D eigenvalue weighted by molar-refractivity contribution is 5.85. The van der Waals surface area contributed by atoms with Crippen molar-refractivity contribution in [3.63, 3.8) is 0 Å². The van der Waals surface area contributed by atoms with Crippen LogP contribution in [0.1, 0.15) is 65.6 Å². The van der Waals surface area contributed by atoms with E-state index in [2.05, 4.69) is 41.5 Å². The Hall–Kier alpha value is -0.530. The number of nitrogens with two attached hydrogens (primary N) is 1. The highest BCUT2D eigenvalue weighted by Gasteiger charge is 2.16. The van der Waals surface area contributed by atoms with Gasteiger partial charge in [0.05, 0.1) is 0 Å². The van der Waals surface area contributed by atoms with Crippen LogP contribution in [0.2, 0.25) is 0 Å². The third-order valence-corrected chi connectivity index (χ3v) is 4.30. The molecule has 18 heavy (non-hydrogen) atoms. The molecule has 0 aromatic heterocycles. The second-order valence-corrected chi connectivity index (χ2v) is 5.29. The van der Waals surface area contributed by atoms with E-state index in [9.17, 15) is 0 Å². The third kappa shape index (κ3) is 3.27. The van der Waals surface area contributed by atoms with Crippen LogP contribution in [-0.2, 0) is 0 Å². The number of rotatable bonds is 4. The molecule has 0 aliphatic rings. The van der Waals surface area contributed by atoms with Gasteiger partial charge in [-0.15, -0.1) is 12.4 Å². The van der Waals surface area contributed by atoms with E-state index in [4.69, 9.17) is 5.73 Å². The van der Waals surface area contributed by atoms with E-state index in [-0.39, 0.29) is 18.4 Å². The summed E-state index contributed by atoms with van der Waals surface area (Å²) >= 11 is 0. The van der Waals surface area contributed by atoms with E-state index in [1.54, 1.807) is 0 Å². The maximum atomic E-state index is 6.37. The van der Waals surface area contributed by atoms with Crippen molar-refractivity contribution in [3.8, 4) is 0 Å². The average molecular weight is 270 g/mol. The summed E-state index contributed by atoms with van der Waals surface area (Å²) in [5.41, 5.74) is 14.8. The van der Waals surface area contributed by atoms with Crippen molar-refractivity contribution in [2.45, 2.75) is 66.8 Å². The van der Waals surface area contributed by atoms with Crippen LogP contribution in [0.3, 0.4) is 0 Å². The van der Waals surface area contributed by atoms with Crippen LogP contribution < -0.4 is 5.73 Å². The fraction of sp³-hybridized carbons (Fsp3) is 0.625. The van der Waals surface area contributed by atoms with E-state index in [1.165, 1.54) is 46.2 Å². The quantitative estimate of drug-likeness (QED) is 0.832. The fourth-order valence-corrected chi connectivity index (χ4v) is 2.65. The van der Waals surface area contributed by atoms with Gasteiger partial charge in [0, 0.05) is 6.04 Å². The Bertz CT molecular complexity index is 381. The molecule has 0 bridgehead atoms. The van der Waals surface area contributed by atoms with Crippen molar-refractivity contribution >= 4 is 12.4 Å². The van der Waals surface area contributed by atoms with Crippen molar-refractivity contribution in [3.05, 3.63) is 33.4 Å². The van der Waals surface area contributed by atoms with Gasteiger partial charge in [-0.05, 0) is 74.4 Å². The van der Waals surface area contributed by atoms with E-state index >= 15 is 0 Å². The van der Waals surface area contributed by atoms with Gasteiger partial charge in [-0.3, -0.25) is 0 Å². The lowest BCUT2D eigenvalue weighted by Gasteiger charge is -2.23. The van der Waals surface area contributed by atoms with Gasteiger partial charge in [0.25, 0.3) is 0 Å². The largest absolute Gasteiger partial charge is 0.324 e. The van der Waals surface area contributed by atoms with Gasteiger partial charge in [0.1, 0.15) is 0 Å². The second-order valence-electron chi connectivity index (χ2n) is 5.29. The number of hydrogen-bond donors (Lipinski definition) is 1. The summed E-state index contributed by atoms with van der Waals surface area (Å²) in [6, 6.07) is 0.202. The summed E-state index contributed by atoms with van der Waals surface area (Å²) in [7, 11) is 0. The molecule has 0 aliphatic heterocycles. The monoisotopic (exact) mass is 269 g/mol. The number of halogens is 1. The molecule has 0 saturated heterocycles. The van der Waals surface area contributed by atoms with Crippen LogP contribution in [0, 0.1) is 34.6 Å². The maximum absolute atomic E-state index is 6.37. The van der Waals surface area contributed by atoms with Crippen molar-refractivity contribution in [1.29, 1.82) is 0 Å². The van der Waals surface area contributed by atoms with Gasteiger partial charge in [-0.2, -0.15) is 0 Å². The summed E-state index contributed by atoms with van der Waals surface area (Å²) in [4.78, 5) is 0. The predicted molar refractivity (Wildman–Crippen MR) is 83.8 cm³/mol. The molecule has 1 atom stereocenters. The van der Waals surface area contributed by atoms with Crippen molar-refractivity contribution in [2.24, 2.45) is 5.73 Å². The summed E-state index contributed by atoms with van der Waals surface area (Å²) in [5.74, 6) is 0. The lowest BCUT2D eigenvalue weighted by molar-refractivity contribution is 0.597. The Kier molecular flexibility index (Phi) is 6.94. The standard InChI is InChI=1S/C16H27N.ClH/c1-7-8-9-15(17)16-13(5)11(3)10(2)12(4)14(16)6;/h15H,7-9,17H2,1-6H3;1H/t15-;/m0./s1. The number of hydrogen-bond acceptors (Lipinski definition) is 1. The SMILES string of the molecule is CCCC[C@H](N)c1c(C)c(C)c(C)c(C)c1C.Cl. The van der Waals surface area contributed by atoms with E-state index in [0.717, 1.165) is 6.42 Å². The van der Waals surface area contributed by atoms with Crippen molar-refractivity contribution in [1.82, 2.24) is 0 Å². The minimum absolute atomic E-state index is 0. The topological polar surface area (TPSA) is 26.0 Å². The summed E-state index contributed by atoms with van der Waals surface area (Å²) in [5, 5.41) is 0. The minimum atomic E-state index is 0. The molecule has 104 valence electrons. The van der Waals surface area contributed by atoms with Gasteiger partial charge in [-0.25, -0.2) is 0 Å². The first-order valence-corrected chi connectivity index (χ1v) is 6.74. The van der Waals surface area contributed by atoms with Gasteiger partial charge < -0.3 is 5.73 Å². The Balaban J connectivity index is 0.00000289. The second kappa shape index (κ2) is 7.16. The van der Waals surface area contributed by atoms with Crippen LogP contribution in [0.4, 0.5) is 0 Å². The highest BCUT2D eigenvalue weighted by Crippen LogP contribution is 2.31. The van der Waals surface area contributed by atoms with Crippen LogP contribution >= 0.6 is 12.4 Å². The predicted octanol–water partition coefficient (Wildman–Crippen LogP) is 4.84. The molecule has 2 heteroatoms. The maximum Gasteiger partial charge on any atom is 0.0300 e. The molecular weight excluding hydrogens is 242 g/mol. The molecule has 1 aromatic carbocycles. The van der Waals surface area contributed by atoms with Gasteiger partial charge in [-0.1, -0.05) is 19.8 Å². The molecular formula is C16H28ClN. The number of unbranched alkanes of at least 4 members (excludes halogenated alkanes) is 1. The Morgan fingerprint density at radius 1 is 0.833 bits per heavy atom. The molecule has 1 aromatic rings. The van der Waals surface area contributed by atoms with Crippen molar-refractivity contribution < 1.29 is 0 Å². The van der Waals surface area contributed by atoms with Crippen LogP contribution in [0.15, 0.2) is 0 Å². The molecule has 0 radical (unpaired) electrons. The molecule has 2 N–H and O–H groups in total. The van der Waals surface area contributed by atoms with Crippen LogP contribution in [-0.4, -0.2) is 0 Å². The van der Waals surface area contributed by atoms with Crippen molar-refractivity contribution in [2.75, 3.05) is 0 Å². The van der Waals surface area contributed by atoms with Crippen LogP contribution in [0.5, 0.6) is 0 Å². The first-order chi connectivity index (χ1) is 7.91. The molecule has 0 heterocycles. The number of benzene rings is 1. The fourth-order valence-electron chi connectivity index (χ4n) is 2.65. The summed E-state index contributed by atoms with van der Waals surface area (Å²) in [6.45, 7) is 13.3. The third-order valence-electron chi connectivity index (χ3n) is 4.30. The minimum Gasteiger partial charge on any atom is -0.324 e. The molecule has 1 rings (SSSR count). The zero-order chi connectivity index (χ0) is 13.2. The molecule has 1 nitrogen and oxygen atoms in total. The average Bonchev–Trinajstić information content (AvgIpc) is 2.31. The molecule has 0 saturated carbocycles. The van der Waals surface area contributed by atoms with E-state index < -0.39 is 0 Å². The summed E-state index contributed by atoms with van der Waals surface area (Å²) in [6.07, 6.45) is 3.53. The lowest BCUT2D eigenvalue weighted by Crippen LogP contribution is -2.15. The zero-order valence-electron chi connectivity index (χ0n) is 12.7. The lowest BCUT2D eigenvalue weighted by atomic mass is 9.85. The van der Waals surface area contributed by atoms with E-state index in [1.807, 2.05) is 0 Å². The van der Waals surface area contributed by atoms with E-state index in [0.29, 0.717) is 0 Å². The molecule has 0 fully saturated rings. The van der Waals surface area contributed by atoms with Crippen LogP contribution in [0.25, 0.3) is 0 Å². The molecule has 0 unspecified atom stereocenters. The molecule has 0 aliphatic carbocycles. The highest BCUT2D eigenvalue weighted by atomic mass is 35.5. The smallest absolute Gasteiger partial charge is 0.0300 e. The van der Waals surface area contributed by atoms with Gasteiger partial charge in [0.2, 0.25) is 0 Å². The van der Waals surface area contributed by atoms with Gasteiger partial charge in [0.15, 0.2) is 0 Å². The Morgan fingerprint density at radius 3 is 1.61 bits per heavy atom. The molecule has 0 spiro atoms. The first kappa shape index (κ1) is 17.5. The zero-order valence-corrected chi connectivity index (χ0v) is 13.5. The summed E-state index contributed by atoms with van der Waals surface area (Å²) < 4.78 is 0. The normalized spacial score (nSPS) is 12.2. The van der Waals surface area contributed by atoms with Gasteiger partial charge >= 0.3 is 0 Å². The Morgan fingerprint density at radius 2 is 1.22 bits per heavy atom. The first-order valence-electron chi connectivity index (χ1n) is 6.74.